The van der Waals surface area contributed by atoms with Gasteiger partial charge in [0, 0.05) is 32.9 Å². The molecule has 9 aromatic carbocycles. The number of fused-ring (bicyclic) bond motifs is 14. The van der Waals surface area contributed by atoms with Gasteiger partial charge in [0.25, 0.3) is 0 Å². The summed E-state index contributed by atoms with van der Waals surface area (Å²) in [6.07, 6.45) is 0. The highest BCUT2D eigenvalue weighted by molar-refractivity contribution is 6.26. The van der Waals surface area contributed by atoms with Gasteiger partial charge in [-0.05, 0) is 83.5 Å². The molecule has 0 saturated heterocycles. The minimum absolute atomic E-state index is 0.230. The van der Waals surface area contributed by atoms with E-state index in [0.29, 0.717) is 17.5 Å². The van der Waals surface area contributed by atoms with Gasteiger partial charge in [0.15, 0.2) is 17.5 Å². The maximum absolute atomic E-state index is 6.67. The zero-order chi connectivity index (χ0) is 37.1. The van der Waals surface area contributed by atoms with Gasteiger partial charge in [-0.2, -0.15) is 0 Å². The molecule has 0 atom stereocenters. The Morgan fingerprint density at radius 2 is 1.04 bits per heavy atom. The van der Waals surface area contributed by atoms with Gasteiger partial charge >= 0.3 is 0 Å². The molecule has 0 fully saturated rings. The van der Waals surface area contributed by atoms with Crippen LogP contribution in [-0.2, 0) is 5.41 Å². The van der Waals surface area contributed by atoms with E-state index in [1.54, 1.807) is 0 Å². The largest absolute Gasteiger partial charge is 0.456 e. The quantitative estimate of drug-likeness (QED) is 0.171. The standard InChI is InChI=1S/C52H33N3O/c1-52(2)42-21-11-10-19-37(42)38-27-28-44-47(48(38)52)46-39(20-12-22-43(46)56-44)50-53-49(32-14-4-3-5-15-32)54-51(55-50)41-29-40-36(34-17-8-9-18-35(34)41)26-25-31-24-23-30-13-6-7-16-33(30)45(31)40/h3-29H,1-2H3. The topological polar surface area (TPSA) is 51.8 Å². The van der Waals surface area contributed by atoms with Crippen LogP contribution in [0.1, 0.15) is 25.0 Å². The van der Waals surface area contributed by atoms with E-state index in [0.717, 1.165) is 44.0 Å². The van der Waals surface area contributed by atoms with Crippen molar-refractivity contribution in [3.05, 3.63) is 175 Å². The van der Waals surface area contributed by atoms with Crippen LogP contribution < -0.4 is 0 Å². The predicted octanol–water partition coefficient (Wildman–Crippen LogP) is 13.7. The van der Waals surface area contributed by atoms with Gasteiger partial charge in [0.2, 0.25) is 0 Å². The zero-order valence-electron chi connectivity index (χ0n) is 30.8. The third-order valence-corrected chi connectivity index (χ3v) is 12.1. The van der Waals surface area contributed by atoms with Crippen molar-refractivity contribution in [2.75, 3.05) is 0 Å². The van der Waals surface area contributed by atoms with Gasteiger partial charge in [0.1, 0.15) is 11.2 Å². The molecule has 4 heteroatoms. The molecule has 0 N–H and O–H groups in total. The molecular formula is C52H33N3O. The Kier molecular flexibility index (Phi) is 6.37. The highest BCUT2D eigenvalue weighted by Crippen LogP contribution is 2.54. The lowest BCUT2D eigenvalue weighted by Crippen LogP contribution is -2.15. The molecule has 2 aromatic heterocycles. The van der Waals surface area contributed by atoms with E-state index in [1.807, 2.05) is 18.2 Å². The van der Waals surface area contributed by atoms with E-state index in [2.05, 4.69) is 159 Å². The molecule has 1 aliphatic carbocycles. The average Bonchev–Trinajstić information content (AvgIpc) is 3.75. The fraction of sp³-hybridized carbons (Fsp3) is 0.0577. The van der Waals surface area contributed by atoms with Crippen molar-refractivity contribution in [2.45, 2.75) is 19.3 Å². The Morgan fingerprint density at radius 3 is 1.91 bits per heavy atom. The molecule has 56 heavy (non-hydrogen) atoms. The molecule has 4 nitrogen and oxygen atoms in total. The van der Waals surface area contributed by atoms with Gasteiger partial charge in [-0.3, -0.25) is 0 Å². The van der Waals surface area contributed by atoms with Gasteiger partial charge in [-0.25, -0.2) is 15.0 Å². The lowest BCUT2D eigenvalue weighted by molar-refractivity contribution is 0.657. The molecule has 0 bridgehead atoms. The highest BCUT2D eigenvalue weighted by atomic mass is 16.3. The van der Waals surface area contributed by atoms with Crippen LogP contribution in [0.3, 0.4) is 0 Å². The summed E-state index contributed by atoms with van der Waals surface area (Å²) in [6, 6.07) is 58.1. The van der Waals surface area contributed by atoms with Crippen LogP contribution >= 0.6 is 0 Å². The van der Waals surface area contributed by atoms with E-state index in [4.69, 9.17) is 19.4 Å². The monoisotopic (exact) mass is 715 g/mol. The number of hydrogen-bond donors (Lipinski definition) is 0. The van der Waals surface area contributed by atoms with E-state index < -0.39 is 0 Å². The number of benzene rings is 9. The normalized spacial score (nSPS) is 13.3. The van der Waals surface area contributed by atoms with Gasteiger partial charge in [0.05, 0.1) is 0 Å². The molecule has 0 aliphatic heterocycles. The Labute approximate surface area is 322 Å². The highest BCUT2D eigenvalue weighted by Gasteiger charge is 2.38. The Bertz CT molecular complexity index is 3450. The van der Waals surface area contributed by atoms with Crippen LogP contribution in [0.25, 0.3) is 110 Å². The second-order valence-corrected chi connectivity index (χ2v) is 15.5. The van der Waals surface area contributed by atoms with Crippen LogP contribution in [0.2, 0.25) is 0 Å². The van der Waals surface area contributed by atoms with Crippen molar-refractivity contribution in [3.8, 4) is 45.3 Å². The van der Waals surface area contributed by atoms with E-state index in [9.17, 15) is 0 Å². The van der Waals surface area contributed by atoms with Gasteiger partial charge in [-0.15, -0.1) is 0 Å². The summed E-state index contributed by atoms with van der Waals surface area (Å²) in [6.45, 7) is 4.65. The number of aromatic nitrogens is 3. The lowest BCUT2D eigenvalue weighted by atomic mass is 9.80. The molecule has 262 valence electrons. The van der Waals surface area contributed by atoms with Gasteiger partial charge < -0.3 is 4.42 Å². The van der Waals surface area contributed by atoms with E-state index in [1.165, 1.54) is 60.0 Å². The van der Waals surface area contributed by atoms with Crippen molar-refractivity contribution < 1.29 is 4.42 Å². The SMILES string of the molecule is CC1(C)c2ccccc2-c2ccc3oc4cccc(-c5nc(-c6ccccc6)nc(-c6cc7c(ccc8ccc9ccccc9c87)c7ccccc67)n5)c4c3c21. The van der Waals surface area contributed by atoms with Crippen molar-refractivity contribution in [3.63, 3.8) is 0 Å². The molecule has 0 unspecified atom stereocenters. The van der Waals surface area contributed by atoms with E-state index >= 15 is 0 Å². The smallest absolute Gasteiger partial charge is 0.164 e. The lowest BCUT2D eigenvalue weighted by Gasteiger charge is -2.22. The first-order valence-corrected chi connectivity index (χ1v) is 19.2. The van der Waals surface area contributed by atoms with Crippen LogP contribution in [0.15, 0.2) is 168 Å². The molecule has 0 spiro atoms. The Balaban J connectivity index is 1.19. The first-order chi connectivity index (χ1) is 27.5. The Morgan fingerprint density at radius 1 is 0.393 bits per heavy atom. The summed E-state index contributed by atoms with van der Waals surface area (Å²) < 4.78 is 6.67. The van der Waals surface area contributed by atoms with Crippen LogP contribution in [-0.4, -0.2) is 15.0 Å². The molecule has 2 heterocycles. The summed E-state index contributed by atoms with van der Waals surface area (Å²) in [5.41, 5.74) is 9.40. The second kappa shape index (κ2) is 11.4. The minimum atomic E-state index is -0.230. The molecule has 0 radical (unpaired) electrons. The Hall–Kier alpha value is -7.17. The molecule has 11 aromatic rings. The molecule has 0 saturated carbocycles. The van der Waals surface area contributed by atoms with Crippen LogP contribution in [0.4, 0.5) is 0 Å². The maximum Gasteiger partial charge on any atom is 0.164 e. The maximum atomic E-state index is 6.67. The fourth-order valence-electron chi connectivity index (χ4n) is 9.57. The summed E-state index contributed by atoms with van der Waals surface area (Å²) in [4.78, 5) is 16.0. The van der Waals surface area contributed by atoms with Crippen molar-refractivity contribution in [2.24, 2.45) is 0 Å². The third kappa shape index (κ3) is 4.32. The summed E-state index contributed by atoms with van der Waals surface area (Å²) in [7, 11) is 0. The third-order valence-electron chi connectivity index (χ3n) is 12.1. The van der Waals surface area contributed by atoms with Crippen molar-refractivity contribution in [1.29, 1.82) is 0 Å². The summed E-state index contributed by atoms with van der Waals surface area (Å²) in [5.74, 6) is 1.87. The number of rotatable bonds is 3. The van der Waals surface area contributed by atoms with E-state index in [-0.39, 0.29) is 5.41 Å². The van der Waals surface area contributed by atoms with Gasteiger partial charge in [-0.1, -0.05) is 159 Å². The molecule has 0 amide bonds. The molecule has 1 aliphatic rings. The van der Waals surface area contributed by atoms with Crippen LogP contribution in [0, 0.1) is 0 Å². The molecule has 12 rings (SSSR count). The number of hydrogen-bond acceptors (Lipinski definition) is 4. The molecular weight excluding hydrogens is 683 g/mol. The first-order valence-electron chi connectivity index (χ1n) is 19.2. The summed E-state index contributed by atoms with van der Waals surface area (Å²) in [5, 5.41) is 11.7. The number of furan rings is 1. The first kappa shape index (κ1) is 31.2. The van der Waals surface area contributed by atoms with Crippen molar-refractivity contribution in [1.82, 2.24) is 15.0 Å². The average molecular weight is 716 g/mol. The van der Waals surface area contributed by atoms with Crippen molar-refractivity contribution >= 4 is 65.0 Å². The second-order valence-electron chi connectivity index (χ2n) is 15.5. The minimum Gasteiger partial charge on any atom is -0.456 e. The summed E-state index contributed by atoms with van der Waals surface area (Å²) >= 11 is 0. The zero-order valence-corrected chi connectivity index (χ0v) is 30.8. The fourth-order valence-corrected chi connectivity index (χ4v) is 9.57. The van der Waals surface area contributed by atoms with Crippen LogP contribution in [0.5, 0.6) is 0 Å². The number of nitrogens with zero attached hydrogens (tertiary/aromatic N) is 3. The predicted molar refractivity (Wildman–Crippen MR) is 231 cm³/mol.